The predicted octanol–water partition coefficient (Wildman–Crippen LogP) is 5.58. The summed E-state index contributed by atoms with van der Waals surface area (Å²) >= 11 is 12.2. The van der Waals surface area contributed by atoms with Crippen molar-refractivity contribution in [3.05, 3.63) is 64.2 Å². The van der Waals surface area contributed by atoms with Crippen LogP contribution in [0, 0.1) is 6.92 Å². The Labute approximate surface area is 131 Å². The van der Waals surface area contributed by atoms with Gasteiger partial charge in [-0.15, -0.1) is 11.6 Å². The summed E-state index contributed by atoms with van der Waals surface area (Å²) in [5.74, 6) is 0.551. The molecule has 3 heteroatoms. The molecule has 0 heterocycles. The van der Waals surface area contributed by atoms with E-state index < -0.39 is 0 Å². The molecule has 1 atom stereocenters. The Morgan fingerprint density at radius 1 is 1.15 bits per heavy atom. The fourth-order valence-corrected chi connectivity index (χ4v) is 2.89. The first-order chi connectivity index (χ1) is 9.54. The fraction of sp³-hybridized carbons (Fsp3) is 0.294. The van der Waals surface area contributed by atoms with E-state index in [1.165, 1.54) is 16.8 Å². The van der Waals surface area contributed by atoms with Gasteiger partial charge in [-0.3, -0.25) is 0 Å². The van der Waals surface area contributed by atoms with Gasteiger partial charge in [-0.2, -0.15) is 0 Å². The Bertz CT molecular complexity index is 595. The maximum Gasteiger partial charge on any atom is 0.0525 e. The molecular weight excluding hydrogens is 289 g/mol. The molecule has 0 bridgehead atoms. The van der Waals surface area contributed by atoms with Crippen LogP contribution in [0.15, 0.2) is 42.5 Å². The van der Waals surface area contributed by atoms with E-state index in [-0.39, 0.29) is 6.04 Å². The molecule has 0 fully saturated rings. The standard InChI is InChI=1S/C17H19Cl2N/c1-12-10-15(9-8-14(12)11-18)20(3)13(2)16-6-4-5-7-17(16)19/h4-10,13H,11H2,1-3H3. The summed E-state index contributed by atoms with van der Waals surface area (Å²) in [5, 5.41) is 0.806. The van der Waals surface area contributed by atoms with Crippen molar-refractivity contribution in [2.45, 2.75) is 25.8 Å². The summed E-state index contributed by atoms with van der Waals surface area (Å²) < 4.78 is 0. The zero-order valence-electron chi connectivity index (χ0n) is 12.0. The van der Waals surface area contributed by atoms with Crippen molar-refractivity contribution in [3.8, 4) is 0 Å². The Morgan fingerprint density at radius 3 is 2.45 bits per heavy atom. The van der Waals surface area contributed by atoms with Crippen LogP contribution < -0.4 is 4.90 Å². The van der Waals surface area contributed by atoms with Crippen LogP contribution in [0.1, 0.15) is 29.7 Å². The number of alkyl halides is 1. The van der Waals surface area contributed by atoms with Gasteiger partial charge in [0, 0.05) is 23.6 Å². The van der Waals surface area contributed by atoms with Gasteiger partial charge in [0.25, 0.3) is 0 Å². The van der Waals surface area contributed by atoms with Crippen molar-refractivity contribution in [2.75, 3.05) is 11.9 Å². The molecular formula is C17H19Cl2N. The van der Waals surface area contributed by atoms with Gasteiger partial charge < -0.3 is 4.90 Å². The third-order valence-electron chi connectivity index (χ3n) is 3.81. The van der Waals surface area contributed by atoms with Crippen LogP contribution in [0.3, 0.4) is 0 Å². The summed E-state index contributed by atoms with van der Waals surface area (Å²) in [6.07, 6.45) is 0. The largest absolute Gasteiger partial charge is 0.368 e. The molecule has 2 aromatic rings. The lowest BCUT2D eigenvalue weighted by Gasteiger charge is -2.28. The second-order valence-electron chi connectivity index (χ2n) is 5.05. The summed E-state index contributed by atoms with van der Waals surface area (Å²) in [7, 11) is 2.09. The third kappa shape index (κ3) is 3.11. The van der Waals surface area contributed by atoms with E-state index >= 15 is 0 Å². The van der Waals surface area contributed by atoms with Crippen molar-refractivity contribution in [1.29, 1.82) is 0 Å². The summed E-state index contributed by atoms with van der Waals surface area (Å²) in [4.78, 5) is 2.23. The highest BCUT2D eigenvalue weighted by Crippen LogP contribution is 2.30. The average Bonchev–Trinajstić information content (AvgIpc) is 2.46. The summed E-state index contributed by atoms with van der Waals surface area (Å²) in [6.45, 7) is 4.25. The SMILES string of the molecule is Cc1cc(N(C)C(C)c2ccccc2Cl)ccc1CCl. The molecule has 0 saturated carbocycles. The Hall–Kier alpha value is -1.18. The third-order valence-corrected chi connectivity index (χ3v) is 4.45. The van der Waals surface area contributed by atoms with Crippen LogP contribution in [0.5, 0.6) is 0 Å². The highest BCUT2D eigenvalue weighted by atomic mass is 35.5. The van der Waals surface area contributed by atoms with E-state index in [2.05, 4.69) is 50.1 Å². The molecule has 20 heavy (non-hydrogen) atoms. The van der Waals surface area contributed by atoms with Gasteiger partial charge in [-0.05, 0) is 48.7 Å². The molecule has 0 saturated heterocycles. The lowest BCUT2D eigenvalue weighted by atomic mass is 10.0. The van der Waals surface area contributed by atoms with Crippen LogP contribution in [0.4, 0.5) is 5.69 Å². The first kappa shape index (κ1) is 15.2. The molecule has 0 spiro atoms. The Balaban J connectivity index is 2.29. The molecule has 1 unspecified atom stereocenters. The second kappa shape index (κ2) is 6.51. The molecule has 2 aromatic carbocycles. The van der Waals surface area contributed by atoms with Crippen LogP contribution in [-0.2, 0) is 5.88 Å². The van der Waals surface area contributed by atoms with Crippen molar-refractivity contribution in [3.63, 3.8) is 0 Å². The minimum atomic E-state index is 0.213. The van der Waals surface area contributed by atoms with Gasteiger partial charge in [-0.1, -0.05) is 35.9 Å². The zero-order chi connectivity index (χ0) is 14.7. The monoisotopic (exact) mass is 307 g/mol. The first-order valence-electron chi connectivity index (χ1n) is 6.67. The molecule has 0 aliphatic heterocycles. The number of benzene rings is 2. The molecule has 0 aliphatic carbocycles. The number of hydrogen-bond donors (Lipinski definition) is 0. The zero-order valence-corrected chi connectivity index (χ0v) is 13.5. The van der Waals surface area contributed by atoms with Crippen LogP contribution >= 0.6 is 23.2 Å². The molecule has 0 N–H and O–H groups in total. The molecule has 2 rings (SSSR count). The van der Waals surface area contributed by atoms with Crippen molar-refractivity contribution in [1.82, 2.24) is 0 Å². The lowest BCUT2D eigenvalue weighted by molar-refractivity contribution is 0.739. The molecule has 0 aliphatic rings. The Kier molecular flexibility index (Phi) is 4.95. The number of nitrogens with zero attached hydrogens (tertiary/aromatic N) is 1. The highest BCUT2D eigenvalue weighted by molar-refractivity contribution is 6.31. The van der Waals surface area contributed by atoms with Crippen LogP contribution in [0.25, 0.3) is 0 Å². The van der Waals surface area contributed by atoms with E-state index in [1.54, 1.807) is 0 Å². The average molecular weight is 308 g/mol. The van der Waals surface area contributed by atoms with Gasteiger partial charge in [0.15, 0.2) is 0 Å². The van der Waals surface area contributed by atoms with Crippen molar-refractivity contribution in [2.24, 2.45) is 0 Å². The number of rotatable bonds is 4. The minimum absolute atomic E-state index is 0.213. The van der Waals surface area contributed by atoms with Gasteiger partial charge in [0.1, 0.15) is 0 Å². The first-order valence-corrected chi connectivity index (χ1v) is 7.58. The highest BCUT2D eigenvalue weighted by Gasteiger charge is 2.15. The van der Waals surface area contributed by atoms with Gasteiger partial charge in [-0.25, -0.2) is 0 Å². The number of aryl methyl sites for hydroxylation is 1. The van der Waals surface area contributed by atoms with Crippen LogP contribution in [-0.4, -0.2) is 7.05 Å². The summed E-state index contributed by atoms with van der Waals surface area (Å²) in [6, 6.07) is 14.6. The smallest absolute Gasteiger partial charge is 0.0525 e. The molecule has 0 aromatic heterocycles. The van der Waals surface area contributed by atoms with Gasteiger partial charge in [0.2, 0.25) is 0 Å². The minimum Gasteiger partial charge on any atom is -0.368 e. The van der Waals surface area contributed by atoms with E-state index in [4.69, 9.17) is 23.2 Å². The van der Waals surface area contributed by atoms with Gasteiger partial charge in [0.05, 0.1) is 6.04 Å². The molecule has 0 amide bonds. The lowest BCUT2D eigenvalue weighted by Crippen LogP contribution is -2.22. The quantitative estimate of drug-likeness (QED) is 0.666. The summed E-state index contributed by atoms with van der Waals surface area (Å²) in [5.41, 5.74) is 4.70. The normalized spacial score (nSPS) is 12.2. The number of hydrogen-bond acceptors (Lipinski definition) is 1. The van der Waals surface area contributed by atoms with Crippen molar-refractivity contribution < 1.29 is 0 Å². The topological polar surface area (TPSA) is 3.24 Å². The molecule has 0 radical (unpaired) electrons. The van der Waals surface area contributed by atoms with E-state index in [1.807, 2.05) is 18.2 Å². The second-order valence-corrected chi connectivity index (χ2v) is 5.73. The Morgan fingerprint density at radius 2 is 1.85 bits per heavy atom. The molecule has 106 valence electrons. The van der Waals surface area contributed by atoms with E-state index in [9.17, 15) is 0 Å². The number of anilines is 1. The van der Waals surface area contributed by atoms with Crippen molar-refractivity contribution >= 4 is 28.9 Å². The van der Waals surface area contributed by atoms with Crippen LogP contribution in [0.2, 0.25) is 5.02 Å². The van der Waals surface area contributed by atoms with Gasteiger partial charge >= 0.3 is 0 Å². The predicted molar refractivity (Wildman–Crippen MR) is 89.0 cm³/mol. The van der Waals surface area contributed by atoms with E-state index in [0.29, 0.717) is 5.88 Å². The van der Waals surface area contributed by atoms with E-state index in [0.717, 1.165) is 10.6 Å². The number of halogens is 2. The maximum absolute atomic E-state index is 6.29. The maximum atomic E-state index is 6.29. The fourth-order valence-electron chi connectivity index (χ4n) is 2.30. The molecule has 1 nitrogen and oxygen atoms in total.